The fourth-order valence-electron chi connectivity index (χ4n) is 2.28. The van der Waals surface area contributed by atoms with Crippen molar-refractivity contribution in [1.29, 1.82) is 0 Å². The fourth-order valence-corrected chi connectivity index (χ4v) is 2.28. The third kappa shape index (κ3) is 2.83. The Morgan fingerprint density at radius 3 is 2.68 bits per heavy atom. The molecule has 0 radical (unpaired) electrons. The predicted octanol–water partition coefficient (Wildman–Crippen LogP) is 1.18. The summed E-state index contributed by atoms with van der Waals surface area (Å²) in [6, 6.07) is 8.95. The second-order valence-corrected chi connectivity index (χ2v) is 4.55. The van der Waals surface area contributed by atoms with Crippen molar-refractivity contribution >= 4 is 12.3 Å². The molecule has 0 unspecified atom stereocenters. The number of rotatable bonds is 4. The zero-order valence-corrected chi connectivity index (χ0v) is 11.0. The lowest BCUT2D eigenvalue weighted by Crippen LogP contribution is -2.40. The summed E-state index contributed by atoms with van der Waals surface area (Å²) in [6.45, 7) is 2.22. The SMILES string of the molecule is COC(=O)[C@H]1[C@H](C=O)[C@@H](C)ON1Cc1ccccc1. The van der Waals surface area contributed by atoms with Gasteiger partial charge in [-0.1, -0.05) is 30.3 Å². The Bertz CT molecular complexity index is 448. The molecule has 1 heterocycles. The highest BCUT2D eigenvalue weighted by molar-refractivity contribution is 5.80. The van der Waals surface area contributed by atoms with Crippen molar-refractivity contribution in [2.75, 3.05) is 7.11 Å². The minimum atomic E-state index is -0.683. The van der Waals surface area contributed by atoms with Crippen LogP contribution in [0.5, 0.6) is 0 Å². The van der Waals surface area contributed by atoms with Gasteiger partial charge in [-0.05, 0) is 12.5 Å². The molecule has 1 aromatic carbocycles. The number of hydrogen-bond acceptors (Lipinski definition) is 5. The monoisotopic (exact) mass is 263 g/mol. The highest BCUT2D eigenvalue weighted by Gasteiger charge is 2.46. The van der Waals surface area contributed by atoms with Crippen LogP contribution in [0.25, 0.3) is 0 Å². The molecular weight excluding hydrogens is 246 g/mol. The Kier molecular flexibility index (Phi) is 4.29. The topological polar surface area (TPSA) is 55.8 Å². The molecule has 0 bridgehead atoms. The maximum Gasteiger partial charge on any atom is 0.326 e. The first kappa shape index (κ1) is 13.7. The molecule has 3 atom stereocenters. The quantitative estimate of drug-likeness (QED) is 0.603. The summed E-state index contributed by atoms with van der Waals surface area (Å²) in [4.78, 5) is 28.6. The molecule has 2 rings (SSSR count). The van der Waals surface area contributed by atoms with Crippen LogP contribution in [0.4, 0.5) is 0 Å². The fraction of sp³-hybridized carbons (Fsp3) is 0.429. The van der Waals surface area contributed by atoms with Crippen molar-refractivity contribution in [2.24, 2.45) is 5.92 Å². The lowest BCUT2D eigenvalue weighted by molar-refractivity contribution is -0.182. The van der Waals surface area contributed by atoms with Crippen LogP contribution >= 0.6 is 0 Å². The van der Waals surface area contributed by atoms with Crippen LogP contribution in [0.3, 0.4) is 0 Å². The van der Waals surface area contributed by atoms with Crippen molar-refractivity contribution in [1.82, 2.24) is 5.06 Å². The molecule has 5 heteroatoms. The van der Waals surface area contributed by atoms with E-state index in [1.54, 1.807) is 6.92 Å². The van der Waals surface area contributed by atoms with Crippen LogP contribution in [0.1, 0.15) is 12.5 Å². The van der Waals surface area contributed by atoms with Gasteiger partial charge in [-0.25, -0.2) is 0 Å². The minimum Gasteiger partial charge on any atom is -0.468 e. The van der Waals surface area contributed by atoms with Crippen molar-refractivity contribution in [3.8, 4) is 0 Å². The van der Waals surface area contributed by atoms with Crippen molar-refractivity contribution < 1.29 is 19.2 Å². The summed E-state index contributed by atoms with van der Waals surface area (Å²) in [6.07, 6.45) is 0.433. The molecule has 1 aliphatic heterocycles. The van der Waals surface area contributed by atoms with Gasteiger partial charge in [-0.2, -0.15) is 5.06 Å². The third-order valence-corrected chi connectivity index (χ3v) is 3.30. The van der Waals surface area contributed by atoms with Gasteiger partial charge >= 0.3 is 5.97 Å². The van der Waals surface area contributed by atoms with Crippen LogP contribution in [0, 0.1) is 5.92 Å². The van der Waals surface area contributed by atoms with Crippen LogP contribution in [0.15, 0.2) is 30.3 Å². The highest BCUT2D eigenvalue weighted by Crippen LogP contribution is 2.28. The number of esters is 1. The number of carbonyl (C=O) groups excluding carboxylic acids is 2. The van der Waals surface area contributed by atoms with Crippen LogP contribution in [-0.4, -0.2) is 36.6 Å². The van der Waals surface area contributed by atoms with E-state index in [2.05, 4.69) is 0 Å². The molecule has 19 heavy (non-hydrogen) atoms. The van der Waals surface area contributed by atoms with Gasteiger partial charge in [0, 0.05) is 0 Å². The van der Waals surface area contributed by atoms with Gasteiger partial charge < -0.3 is 9.53 Å². The van der Waals surface area contributed by atoms with E-state index in [4.69, 9.17) is 9.57 Å². The first-order valence-electron chi connectivity index (χ1n) is 6.18. The van der Waals surface area contributed by atoms with Crippen LogP contribution in [-0.2, 0) is 25.7 Å². The lowest BCUT2D eigenvalue weighted by atomic mass is 9.97. The third-order valence-electron chi connectivity index (χ3n) is 3.30. The molecule has 0 spiro atoms. The van der Waals surface area contributed by atoms with Crippen molar-refractivity contribution in [3.63, 3.8) is 0 Å². The van der Waals surface area contributed by atoms with E-state index in [1.165, 1.54) is 12.2 Å². The average Bonchev–Trinajstić information content (AvgIpc) is 2.74. The Hall–Kier alpha value is -1.72. The minimum absolute atomic E-state index is 0.328. The highest BCUT2D eigenvalue weighted by atomic mass is 16.7. The number of methoxy groups -OCH3 is 1. The molecular formula is C14H17NO4. The number of nitrogens with zero attached hydrogens (tertiary/aromatic N) is 1. The summed E-state index contributed by atoms with van der Waals surface area (Å²) < 4.78 is 4.76. The molecule has 102 valence electrons. The van der Waals surface area contributed by atoms with E-state index < -0.39 is 17.9 Å². The summed E-state index contributed by atoms with van der Waals surface area (Å²) >= 11 is 0. The van der Waals surface area contributed by atoms with Gasteiger partial charge in [-0.3, -0.25) is 9.63 Å². The summed E-state index contributed by atoms with van der Waals surface area (Å²) in [7, 11) is 1.31. The molecule has 1 aromatic rings. The molecule has 0 N–H and O–H groups in total. The number of ether oxygens (including phenoxy) is 1. The van der Waals surface area contributed by atoms with Gasteiger partial charge in [0.25, 0.3) is 0 Å². The number of hydrogen-bond donors (Lipinski definition) is 0. The van der Waals surface area contributed by atoms with Gasteiger partial charge in [0.05, 0.1) is 25.7 Å². The van der Waals surface area contributed by atoms with E-state index in [1.807, 2.05) is 30.3 Å². The lowest BCUT2D eigenvalue weighted by Gasteiger charge is -2.21. The zero-order chi connectivity index (χ0) is 13.8. The van der Waals surface area contributed by atoms with E-state index in [-0.39, 0.29) is 6.10 Å². The van der Waals surface area contributed by atoms with E-state index in [0.717, 1.165) is 11.8 Å². The normalized spacial score (nSPS) is 27.2. The van der Waals surface area contributed by atoms with Crippen LogP contribution < -0.4 is 0 Å². The van der Waals surface area contributed by atoms with E-state index in [0.29, 0.717) is 6.54 Å². The molecule has 0 aromatic heterocycles. The number of benzene rings is 1. The average molecular weight is 263 g/mol. The maximum atomic E-state index is 11.8. The predicted molar refractivity (Wildman–Crippen MR) is 67.9 cm³/mol. The Morgan fingerprint density at radius 2 is 2.11 bits per heavy atom. The molecule has 1 aliphatic rings. The summed E-state index contributed by atoms with van der Waals surface area (Å²) in [5.41, 5.74) is 1.01. The van der Waals surface area contributed by atoms with Gasteiger partial charge in [0.15, 0.2) is 0 Å². The van der Waals surface area contributed by atoms with Gasteiger partial charge in [0.1, 0.15) is 12.3 Å². The molecule has 0 aliphatic carbocycles. The summed E-state index contributed by atoms with van der Waals surface area (Å²) in [5.74, 6) is -0.950. The van der Waals surface area contributed by atoms with E-state index in [9.17, 15) is 9.59 Å². The Labute approximate surface area is 112 Å². The van der Waals surface area contributed by atoms with Gasteiger partial charge in [-0.15, -0.1) is 0 Å². The molecule has 1 saturated heterocycles. The number of aldehydes is 1. The number of carbonyl (C=O) groups is 2. The smallest absolute Gasteiger partial charge is 0.326 e. The summed E-state index contributed by atoms with van der Waals surface area (Å²) in [5, 5.41) is 1.53. The Morgan fingerprint density at radius 1 is 1.42 bits per heavy atom. The van der Waals surface area contributed by atoms with Crippen LogP contribution in [0.2, 0.25) is 0 Å². The van der Waals surface area contributed by atoms with Crippen molar-refractivity contribution in [3.05, 3.63) is 35.9 Å². The first-order chi connectivity index (χ1) is 9.17. The Balaban J connectivity index is 2.18. The van der Waals surface area contributed by atoms with E-state index >= 15 is 0 Å². The molecule has 5 nitrogen and oxygen atoms in total. The molecule has 0 amide bonds. The molecule has 1 fully saturated rings. The van der Waals surface area contributed by atoms with Crippen molar-refractivity contribution in [2.45, 2.75) is 25.6 Å². The standard InChI is InChI=1S/C14H17NO4/c1-10-12(9-16)13(14(17)18-2)15(19-10)8-11-6-4-3-5-7-11/h3-7,9-10,12-13H,8H2,1-2H3/t10-,12-,13-/m1/s1. The maximum absolute atomic E-state index is 11.8. The second-order valence-electron chi connectivity index (χ2n) is 4.55. The second kappa shape index (κ2) is 5.95. The molecule has 0 saturated carbocycles. The number of hydroxylamine groups is 2. The largest absolute Gasteiger partial charge is 0.468 e. The zero-order valence-electron chi connectivity index (χ0n) is 11.0. The first-order valence-corrected chi connectivity index (χ1v) is 6.18. The van der Waals surface area contributed by atoms with Gasteiger partial charge in [0.2, 0.25) is 0 Å².